The maximum Gasteiger partial charge on any atom is 0.220 e. The predicted molar refractivity (Wildman–Crippen MR) is 115 cm³/mol. The maximum atomic E-state index is 12.5. The second kappa shape index (κ2) is 11.2. The molecule has 0 bridgehead atoms. The molecule has 0 aromatic heterocycles. The van der Waals surface area contributed by atoms with Gasteiger partial charge in [0.1, 0.15) is 12.2 Å². The second-order valence-corrected chi connectivity index (χ2v) is 9.36. The first-order valence-electron chi connectivity index (χ1n) is 11.7. The lowest BCUT2D eigenvalue weighted by Gasteiger charge is -2.28. The Morgan fingerprint density at radius 1 is 0.933 bits per heavy atom. The molecule has 0 spiro atoms. The number of hydrogen-bond donors (Lipinski definition) is 1. The van der Waals surface area contributed by atoms with Gasteiger partial charge in [0.2, 0.25) is 5.91 Å². The van der Waals surface area contributed by atoms with Gasteiger partial charge in [-0.15, -0.1) is 0 Å². The number of carbonyl (C=O) groups excluding carboxylic acids is 1. The van der Waals surface area contributed by atoms with Crippen LogP contribution in [-0.4, -0.2) is 61.2 Å². The topological polar surface area (TPSA) is 75.3 Å². The van der Waals surface area contributed by atoms with Crippen molar-refractivity contribution in [1.82, 2.24) is 5.32 Å². The van der Waals surface area contributed by atoms with Crippen molar-refractivity contribution in [2.75, 3.05) is 13.2 Å². The van der Waals surface area contributed by atoms with Crippen molar-refractivity contribution >= 4 is 5.91 Å². The fourth-order valence-electron chi connectivity index (χ4n) is 4.25. The molecule has 30 heavy (non-hydrogen) atoms. The molecule has 176 valence electrons. The average Bonchev–Trinajstić information content (AvgIpc) is 3.13. The van der Waals surface area contributed by atoms with E-state index in [1.54, 1.807) is 0 Å². The minimum atomic E-state index is -0.670. The molecule has 2 saturated heterocycles. The number of rotatable bonds is 12. The van der Waals surface area contributed by atoms with Gasteiger partial charge in [-0.2, -0.15) is 0 Å². The SMILES string of the molecule is CCCCC(=O)N[C@@H](COC[C@@H]1OC(C)(C)O[C@H]1CC)[C@@H]1OC(C)(C)O[C@@H]1CCC. The molecule has 2 aliphatic rings. The Morgan fingerprint density at radius 2 is 1.57 bits per heavy atom. The van der Waals surface area contributed by atoms with Crippen molar-refractivity contribution in [3.63, 3.8) is 0 Å². The van der Waals surface area contributed by atoms with Crippen LogP contribution in [0.2, 0.25) is 0 Å². The first-order chi connectivity index (χ1) is 14.1. The molecule has 1 amide bonds. The van der Waals surface area contributed by atoms with Gasteiger partial charge >= 0.3 is 0 Å². The maximum absolute atomic E-state index is 12.5. The van der Waals surface area contributed by atoms with Crippen LogP contribution in [0.25, 0.3) is 0 Å². The Kier molecular flexibility index (Phi) is 9.56. The zero-order valence-electron chi connectivity index (χ0n) is 20.0. The van der Waals surface area contributed by atoms with E-state index < -0.39 is 11.6 Å². The summed E-state index contributed by atoms with van der Waals surface area (Å²) in [4.78, 5) is 12.5. The summed E-state index contributed by atoms with van der Waals surface area (Å²) in [5.41, 5.74) is 0. The number of ether oxygens (including phenoxy) is 5. The van der Waals surface area contributed by atoms with Crippen LogP contribution in [0.5, 0.6) is 0 Å². The van der Waals surface area contributed by atoms with Crippen LogP contribution in [0.15, 0.2) is 0 Å². The number of unbranched alkanes of at least 4 members (excludes halogenated alkanes) is 1. The van der Waals surface area contributed by atoms with Gasteiger partial charge in [-0.25, -0.2) is 0 Å². The third kappa shape index (κ3) is 7.45. The Labute approximate surface area is 182 Å². The van der Waals surface area contributed by atoms with Crippen LogP contribution in [0.4, 0.5) is 0 Å². The van der Waals surface area contributed by atoms with Crippen LogP contribution in [0, 0.1) is 0 Å². The molecule has 2 aliphatic heterocycles. The van der Waals surface area contributed by atoms with Crippen molar-refractivity contribution in [3.8, 4) is 0 Å². The van der Waals surface area contributed by atoms with Gasteiger partial charge in [0.05, 0.1) is 31.5 Å². The van der Waals surface area contributed by atoms with Gasteiger partial charge in [0.15, 0.2) is 11.6 Å². The molecule has 0 aliphatic carbocycles. The lowest BCUT2D eigenvalue weighted by atomic mass is 10.0. The molecule has 7 heteroatoms. The lowest BCUT2D eigenvalue weighted by molar-refractivity contribution is -0.156. The van der Waals surface area contributed by atoms with Crippen LogP contribution >= 0.6 is 0 Å². The molecule has 0 aromatic carbocycles. The normalized spacial score (nSPS) is 31.0. The molecule has 0 aromatic rings. The summed E-state index contributed by atoms with van der Waals surface area (Å²) in [6.07, 6.45) is 4.65. The standard InChI is InChI=1S/C23H43NO6/c1-8-11-13-20(25)24-16(21-18(12-9-2)28-23(6,7)30-21)14-26-15-19-17(10-3)27-22(4,5)29-19/h16-19,21H,8-15H2,1-7H3,(H,24,25)/t16-,17-,18+,19-,21-/m0/s1. The van der Waals surface area contributed by atoms with Gasteiger partial charge in [0, 0.05) is 6.42 Å². The summed E-state index contributed by atoms with van der Waals surface area (Å²) in [6, 6.07) is -0.275. The highest BCUT2D eigenvalue weighted by Crippen LogP contribution is 2.33. The number of carbonyl (C=O) groups is 1. The molecule has 2 fully saturated rings. The van der Waals surface area contributed by atoms with Crippen LogP contribution < -0.4 is 5.32 Å². The van der Waals surface area contributed by atoms with E-state index in [0.29, 0.717) is 19.6 Å². The third-order valence-electron chi connectivity index (χ3n) is 5.56. The summed E-state index contributed by atoms with van der Waals surface area (Å²) in [6.45, 7) is 14.7. The van der Waals surface area contributed by atoms with Gasteiger partial charge in [-0.1, -0.05) is 33.6 Å². The molecule has 0 radical (unpaired) electrons. The third-order valence-corrected chi connectivity index (χ3v) is 5.56. The fraction of sp³-hybridized carbons (Fsp3) is 0.957. The molecule has 0 saturated carbocycles. The number of amides is 1. The molecular formula is C23H43NO6. The quantitative estimate of drug-likeness (QED) is 0.507. The van der Waals surface area contributed by atoms with Crippen molar-refractivity contribution in [3.05, 3.63) is 0 Å². The highest BCUT2D eigenvalue weighted by molar-refractivity contribution is 5.76. The number of nitrogens with one attached hydrogen (secondary N) is 1. The van der Waals surface area contributed by atoms with E-state index in [-0.39, 0.29) is 36.4 Å². The van der Waals surface area contributed by atoms with E-state index in [9.17, 15) is 4.79 Å². The van der Waals surface area contributed by atoms with E-state index in [2.05, 4.69) is 26.1 Å². The van der Waals surface area contributed by atoms with Crippen molar-refractivity contribution in [2.24, 2.45) is 0 Å². The molecule has 1 N–H and O–H groups in total. The minimum Gasteiger partial charge on any atom is -0.376 e. The van der Waals surface area contributed by atoms with Gasteiger partial charge in [-0.3, -0.25) is 4.79 Å². The molecule has 5 atom stereocenters. The van der Waals surface area contributed by atoms with E-state index in [1.165, 1.54) is 0 Å². The zero-order chi connectivity index (χ0) is 22.4. The van der Waals surface area contributed by atoms with Gasteiger partial charge < -0.3 is 29.0 Å². The van der Waals surface area contributed by atoms with Crippen LogP contribution in [0.1, 0.15) is 87.0 Å². The summed E-state index contributed by atoms with van der Waals surface area (Å²) < 4.78 is 30.3. The van der Waals surface area contributed by atoms with E-state index in [4.69, 9.17) is 23.7 Å². The van der Waals surface area contributed by atoms with Crippen LogP contribution in [0.3, 0.4) is 0 Å². The highest BCUT2D eigenvalue weighted by Gasteiger charge is 2.45. The molecular weight excluding hydrogens is 386 g/mol. The molecule has 2 rings (SSSR count). The van der Waals surface area contributed by atoms with Crippen molar-refractivity contribution < 1.29 is 28.5 Å². The van der Waals surface area contributed by atoms with E-state index >= 15 is 0 Å². The van der Waals surface area contributed by atoms with Crippen LogP contribution in [-0.2, 0) is 28.5 Å². The summed E-state index contributed by atoms with van der Waals surface area (Å²) in [7, 11) is 0. The first kappa shape index (κ1) is 25.5. The highest BCUT2D eigenvalue weighted by atomic mass is 16.8. The van der Waals surface area contributed by atoms with Gasteiger partial charge in [0.25, 0.3) is 0 Å². The largest absolute Gasteiger partial charge is 0.376 e. The van der Waals surface area contributed by atoms with E-state index in [1.807, 2.05) is 27.7 Å². The molecule has 2 heterocycles. The van der Waals surface area contributed by atoms with Crippen molar-refractivity contribution in [2.45, 2.75) is 129 Å². The Morgan fingerprint density at radius 3 is 2.20 bits per heavy atom. The Hall–Kier alpha value is -0.730. The first-order valence-corrected chi connectivity index (χ1v) is 11.7. The Balaban J connectivity index is 2.01. The monoisotopic (exact) mass is 429 g/mol. The fourth-order valence-corrected chi connectivity index (χ4v) is 4.25. The van der Waals surface area contributed by atoms with Crippen molar-refractivity contribution in [1.29, 1.82) is 0 Å². The summed E-state index contributed by atoms with van der Waals surface area (Å²) in [5, 5.41) is 3.15. The van der Waals surface area contributed by atoms with Gasteiger partial charge in [-0.05, 0) is 47.0 Å². The lowest BCUT2D eigenvalue weighted by Crippen LogP contribution is -2.50. The Bertz CT molecular complexity index is 538. The predicted octanol–water partition coefficient (Wildman–Crippen LogP) is 3.93. The molecule has 7 nitrogen and oxygen atoms in total. The summed E-state index contributed by atoms with van der Waals surface area (Å²) in [5.74, 6) is -1.24. The average molecular weight is 430 g/mol. The van der Waals surface area contributed by atoms with E-state index in [0.717, 1.165) is 32.1 Å². The zero-order valence-corrected chi connectivity index (χ0v) is 20.0. The molecule has 0 unspecified atom stereocenters. The minimum absolute atomic E-state index is 0.00966. The number of hydrogen-bond acceptors (Lipinski definition) is 6. The smallest absolute Gasteiger partial charge is 0.220 e. The second-order valence-electron chi connectivity index (χ2n) is 9.36. The summed E-state index contributed by atoms with van der Waals surface area (Å²) >= 11 is 0.